The number of carbonyl (C=O) groups excluding carboxylic acids is 1. The Labute approximate surface area is 79.0 Å². The smallest absolute Gasteiger partial charge is 0.292 e. The lowest BCUT2D eigenvalue weighted by atomic mass is 10.3. The normalized spacial score (nSPS) is 8.31. The van der Waals surface area contributed by atoms with Crippen molar-refractivity contribution in [1.82, 2.24) is 0 Å². The number of halogens is 1. The Morgan fingerprint density at radius 1 is 1.54 bits per heavy atom. The van der Waals surface area contributed by atoms with Gasteiger partial charge in [0.15, 0.2) is 0 Å². The van der Waals surface area contributed by atoms with Gasteiger partial charge in [-0.15, -0.1) is 5.26 Å². The third-order valence-electron chi connectivity index (χ3n) is 1.25. The second kappa shape index (κ2) is 4.27. The molecular formula is C8H3ClN2O2. The topological polar surface area (TPSA) is 62.4 Å². The Balaban J connectivity index is 3.12. The molecule has 0 saturated carbocycles. The van der Waals surface area contributed by atoms with Gasteiger partial charge in [0.05, 0.1) is 10.7 Å². The van der Waals surface area contributed by atoms with Crippen molar-refractivity contribution in [2.24, 2.45) is 4.99 Å². The molecule has 0 atom stereocenters. The molecule has 1 rings (SSSR count). The maximum Gasteiger partial charge on any atom is 0.292 e. The Hall–Kier alpha value is -1.82. The molecule has 4 nitrogen and oxygen atoms in total. The Bertz CT molecular complexity index is 405. The molecule has 0 unspecified atom stereocenters. The van der Waals surface area contributed by atoms with Crippen LogP contribution in [0.1, 0.15) is 0 Å². The summed E-state index contributed by atoms with van der Waals surface area (Å²) in [6.07, 6.45) is 2.84. The highest BCUT2D eigenvalue weighted by molar-refractivity contribution is 6.33. The third kappa shape index (κ3) is 2.31. The van der Waals surface area contributed by atoms with E-state index in [4.69, 9.17) is 16.9 Å². The lowest BCUT2D eigenvalue weighted by molar-refractivity contribution is 0.507. The van der Waals surface area contributed by atoms with Crippen LogP contribution >= 0.6 is 11.6 Å². The van der Waals surface area contributed by atoms with E-state index >= 15 is 0 Å². The fraction of sp³-hybridized carbons (Fsp3) is 0. The predicted molar refractivity (Wildman–Crippen MR) is 45.5 cm³/mol. The second-order valence-electron chi connectivity index (χ2n) is 2.01. The van der Waals surface area contributed by atoms with Crippen LogP contribution in [0.15, 0.2) is 23.2 Å². The fourth-order valence-corrected chi connectivity index (χ4v) is 0.903. The zero-order valence-corrected chi connectivity index (χ0v) is 7.08. The number of hydrogen-bond donors (Lipinski definition) is 0. The quantitative estimate of drug-likeness (QED) is 0.412. The van der Waals surface area contributed by atoms with Gasteiger partial charge in [-0.25, -0.2) is 4.79 Å². The van der Waals surface area contributed by atoms with Crippen LogP contribution in [0, 0.1) is 11.5 Å². The van der Waals surface area contributed by atoms with Crippen LogP contribution in [-0.2, 0) is 4.79 Å². The van der Waals surface area contributed by atoms with Crippen LogP contribution in [-0.4, -0.2) is 6.08 Å². The van der Waals surface area contributed by atoms with Crippen LogP contribution in [0.3, 0.4) is 0 Å². The average Bonchev–Trinajstić information content (AvgIpc) is 2.12. The van der Waals surface area contributed by atoms with Crippen molar-refractivity contribution in [1.29, 1.82) is 5.26 Å². The first-order valence-electron chi connectivity index (χ1n) is 3.21. The lowest BCUT2D eigenvalue weighted by Crippen LogP contribution is -1.80. The standard InChI is InChI=1S/C8H3ClN2O2/c9-7-2-1-6(13-4-10)3-8(7)11-5-12/h1-3H. The molecule has 0 aliphatic carbocycles. The first-order chi connectivity index (χ1) is 6.27. The molecule has 1 aromatic rings. The van der Waals surface area contributed by atoms with Crippen LogP contribution in [0.4, 0.5) is 5.69 Å². The third-order valence-corrected chi connectivity index (χ3v) is 1.57. The van der Waals surface area contributed by atoms with Gasteiger partial charge in [-0.2, -0.15) is 4.99 Å². The summed E-state index contributed by atoms with van der Waals surface area (Å²) in [5, 5.41) is 8.50. The SMILES string of the molecule is N#COc1ccc(Cl)c(N=C=O)c1. The van der Waals surface area contributed by atoms with Crippen LogP contribution < -0.4 is 4.74 Å². The zero-order valence-electron chi connectivity index (χ0n) is 6.32. The number of hydrogen-bond acceptors (Lipinski definition) is 4. The second-order valence-corrected chi connectivity index (χ2v) is 2.42. The number of isocyanates is 1. The highest BCUT2D eigenvalue weighted by Crippen LogP contribution is 2.28. The minimum Gasteiger partial charge on any atom is -0.388 e. The molecule has 0 N–H and O–H groups in total. The highest BCUT2D eigenvalue weighted by atomic mass is 35.5. The van der Waals surface area contributed by atoms with Gasteiger partial charge in [-0.1, -0.05) is 11.6 Å². The van der Waals surface area contributed by atoms with Crippen molar-refractivity contribution < 1.29 is 9.53 Å². The van der Waals surface area contributed by atoms with E-state index in [-0.39, 0.29) is 11.4 Å². The molecule has 0 heterocycles. The highest BCUT2D eigenvalue weighted by Gasteiger charge is 2.01. The fourth-order valence-electron chi connectivity index (χ4n) is 0.744. The summed E-state index contributed by atoms with van der Waals surface area (Å²) in [5.74, 6) is 0.279. The molecule has 0 saturated heterocycles. The Morgan fingerprint density at radius 3 is 2.92 bits per heavy atom. The van der Waals surface area contributed by atoms with Crippen LogP contribution in [0.5, 0.6) is 5.75 Å². The molecule has 1 aromatic carbocycles. The molecule has 0 radical (unpaired) electrons. The molecule has 13 heavy (non-hydrogen) atoms. The van der Waals surface area contributed by atoms with E-state index in [1.807, 2.05) is 0 Å². The first kappa shape index (κ1) is 9.27. The molecule has 0 aliphatic heterocycles. The molecule has 64 valence electrons. The van der Waals surface area contributed by atoms with E-state index in [0.717, 1.165) is 0 Å². The number of aliphatic imine (C=N–C) groups is 1. The van der Waals surface area contributed by atoms with E-state index in [9.17, 15) is 4.79 Å². The summed E-state index contributed by atoms with van der Waals surface area (Å²) in [6, 6.07) is 4.34. The van der Waals surface area contributed by atoms with Gasteiger partial charge in [0, 0.05) is 6.07 Å². The summed E-state index contributed by atoms with van der Waals surface area (Å²) in [7, 11) is 0. The maximum absolute atomic E-state index is 9.94. The summed E-state index contributed by atoms with van der Waals surface area (Å²) < 4.78 is 4.50. The van der Waals surface area contributed by atoms with Crippen LogP contribution in [0.25, 0.3) is 0 Å². The van der Waals surface area contributed by atoms with E-state index in [0.29, 0.717) is 5.02 Å². The minimum absolute atomic E-state index is 0.226. The van der Waals surface area contributed by atoms with Gasteiger partial charge in [0.2, 0.25) is 6.08 Å². The number of benzene rings is 1. The van der Waals surface area contributed by atoms with Crippen molar-refractivity contribution in [3.8, 4) is 12.0 Å². The van der Waals surface area contributed by atoms with Crippen molar-refractivity contribution in [2.75, 3.05) is 0 Å². The molecular weight excluding hydrogens is 192 g/mol. The largest absolute Gasteiger partial charge is 0.388 e. The maximum atomic E-state index is 9.94. The monoisotopic (exact) mass is 194 g/mol. The summed E-state index contributed by atoms with van der Waals surface area (Å²) in [6.45, 7) is 0. The van der Waals surface area contributed by atoms with Gasteiger partial charge in [0.25, 0.3) is 6.26 Å². The average molecular weight is 195 g/mol. The lowest BCUT2D eigenvalue weighted by Gasteiger charge is -1.97. The summed E-state index contributed by atoms with van der Waals surface area (Å²) in [5.41, 5.74) is 0.226. The van der Waals surface area contributed by atoms with Crippen molar-refractivity contribution in [2.45, 2.75) is 0 Å². The number of rotatable bonds is 2. The molecule has 0 bridgehead atoms. The van der Waals surface area contributed by atoms with Crippen LogP contribution in [0.2, 0.25) is 5.02 Å². The molecule has 5 heteroatoms. The van der Waals surface area contributed by atoms with Gasteiger partial charge in [-0.3, -0.25) is 0 Å². The summed E-state index contributed by atoms with van der Waals surface area (Å²) >= 11 is 5.66. The predicted octanol–water partition coefficient (Wildman–Crippen LogP) is 2.17. The van der Waals surface area contributed by atoms with Gasteiger partial charge in [-0.05, 0) is 12.1 Å². The first-order valence-corrected chi connectivity index (χ1v) is 3.59. The van der Waals surface area contributed by atoms with Gasteiger partial charge >= 0.3 is 0 Å². The molecule has 0 aliphatic rings. The van der Waals surface area contributed by atoms with Gasteiger partial charge in [0.1, 0.15) is 5.75 Å². The van der Waals surface area contributed by atoms with E-state index in [1.165, 1.54) is 30.5 Å². The Morgan fingerprint density at radius 2 is 2.31 bits per heavy atom. The molecule has 0 aromatic heterocycles. The number of ether oxygens (including phenoxy) is 1. The number of nitrogens with zero attached hydrogens (tertiary/aromatic N) is 2. The zero-order chi connectivity index (χ0) is 9.68. The van der Waals surface area contributed by atoms with Crippen molar-refractivity contribution in [3.05, 3.63) is 23.2 Å². The van der Waals surface area contributed by atoms with Gasteiger partial charge < -0.3 is 4.74 Å². The van der Waals surface area contributed by atoms with E-state index in [1.54, 1.807) is 0 Å². The minimum atomic E-state index is 0.226. The number of nitriles is 1. The van der Waals surface area contributed by atoms with Crippen molar-refractivity contribution in [3.63, 3.8) is 0 Å². The van der Waals surface area contributed by atoms with E-state index < -0.39 is 0 Å². The summed E-state index contributed by atoms with van der Waals surface area (Å²) in [4.78, 5) is 13.3. The van der Waals surface area contributed by atoms with Crippen molar-refractivity contribution >= 4 is 23.4 Å². The van der Waals surface area contributed by atoms with E-state index in [2.05, 4.69) is 9.73 Å². The molecule has 0 spiro atoms. The molecule has 0 amide bonds. The molecule has 0 fully saturated rings. The Kier molecular flexibility index (Phi) is 3.04.